The fraction of sp³-hybridized carbons (Fsp3) is 0.360. The van der Waals surface area contributed by atoms with Gasteiger partial charge in [-0.15, -0.1) is 0 Å². The summed E-state index contributed by atoms with van der Waals surface area (Å²) in [5.74, 6) is 1.44. The minimum atomic E-state index is -4.52. The van der Waals surface area contributed by atoms with Crippen molar-refractivity contribution in [1.82, 2.24) is 30.1 Å². The standard InChI is InChI=1S/C25H26F3N9/c1-35-5-7-37(8-6-35)21-4-3-16(11-30-21)12-33-24-34-22(17(10-29)15-36(24)2)20-14-32-23-19(20)9-18(13-31-23)25(26,27)28/h3-4,9,11,13-14H,5-8,12,15H2,1-2H3,(H,31,32)(H,33,34). The smallest absolute Gasteiger partial charge is 0.354 e. The third kappa shape index (κ3) is 5.08. The minimum Gasteiger partial charge on any atom is -0.354 e. The highest BCUT2D eigenvalue weighted by Gasteiger charge is 2.32. The number of nitrogens with one attached hydrogen (secondary N) is 2. The number of aromatic amines is 1. The molecule has 0 unspecified atom stereocenters. The Labute approximate surface area is 211 Å². The molecule has 5 rings (SSSR count). The highest BCUT2D eigenvalue weighted by Crippen LogP contribution is 2.33. The molecule has 0 aromatic carbocycles. The van der Waals surface area contributed by atoms with E-state index in [2.05, 4.69) is 48.2 Å². The third-order valence-corrected chi connectivity index (χ3v) is 6.61. The molecule has 0 atom stereocenters. The van der Waals surface area contributed by atoms with E-state index in [9.17, 15) is 18.4 Å². The Bertz CT molecular complexity index is 1390. The van der Waals surface area contributed by atoms with Crippen LogP contribution in [0, 0.1) is 11.3 Å². The van der Waals surface area contributed by atoms with Crippen molar-refractivity contribution in [2.75, 3.05) is 51.7 Å². The SMILES string of the molecule is CN1CCN(c2ccc(CN=C3NC(c4c[nH]c5ncc(C(F)(F)F)cc45)=C(C#N)CN3C)cn2)CC1. The van der Waals surface area contributed by atoms with Crippen LogP contribution in [-0.4, -0.2) is 77.5 Å². The van der Waals surface area contributed by atoms with Crippen molar-refractivity contribution in [2.45, 2.75) is 12.7 Å². The maximum absolute atomic E-state index is 13.3. The first-order chi connectivity index (χ1) is 17.7. The summed E-state index contributed by atoms with van der Waals surface area (Å²) in [7, 11) is 3.91. The van der Waals surface area contributed by atoms with Gasteiger partial charge in [0.15, 0.2) is 5.96 Å². The van der Waals surface area contributed by atoms with Crippen molar-refractivity contribution in [1.29, 1.82) is 5.26 Å². The van der Waals surface area contributed by atoms with E-state index in [-0.39, 0.29) is 11.9 Å². The Morgan fingerprint density at radius 2 is 1.89 bits per heavy atom. The number of nitriles is 1. The quantitative estimate of drug-likeness (QED) is 0.558. The topological polar surface area (TPSA) is 99.5 Å². The zero-order valence-electron chi connectivity index (χ0n) is 20.5. The summed E-state index contributed by atoms with van der Waals surface area (Å²) in [5, 5.41) is 13.2. The van der Waals surface area contributed by atoms with Gasteiger partial charge in [0.05, 0.1) is 36.0 Å². The van der Waals surface area contributed by atoms with Crippen molar-refractivity contribution >= 4 is 28.5 Å². The number of halogens is 3. The molecular formula is C25H26F3N9. The van der Waals surface area contributed by atoms with Crippen molar-refractivity contribution in [3.05, 3.63) is 59.1 Å². The van der Waals surface area contributed by atoms with E-state index in [1.807, 2.05) is 18.3 Å². The normalized spacial score (nSPS) is 18.4. The minimum absolute atomic E-state index is 0.261. The Morgan fingerprint density at radius 3 is 2.57 bits per heavy atom. The summed E-state index contributed by atoms with van der Waals surface area (Å²) < 4.78 is 39.9. The van der Waals surface area contributed by atoms with E-state index in [0.29, 0.717) is 35.0 Å². The number of fused-ring (bicyclic) bond motifs is 1. The first-order valence-corrected chi connectivity index (χ1v) is 11.8. The van der Waals surface area contributed by atoms with Gasteiger partial charge in [0.1, 0.15) is 11.5 Å². The van der Waals surface area contributed by atoms with Gasteiger partial charge in [-0.25, -0.2) is 15.0 Å². The second kappa shape index (κ2) is 9.74. The summed E-state index contributed by atoms with van der Waals surface area (Å²) in [5.41, 5.74) is 1.61. The van der Waals surface area contributed by atoms with Gasteiger partial charge in [-0.05, 0) is 24.7 Å². The molecule has 12 heteroatoms. The second-order valence-electron chi connectivity index (χ2n) is 9.22. The molecule has 0 amide bonds. The van der Waals surface area contributed by atoms with Crippen LogP contribution in [0.25, 0.3) is 16.7 Å². The summed E-state index contributed by atoms with van der Waals surface area (Å²) in [6.07, 6.45) is -0.368. The van der Waals surface area contributed by atoms with Gasteiger partial charge in [0, 0.05) is 62.8 Å². The molecule has 3 aromatic rings. The average Bonchev–Trinajstić information content (AvgIpc) is 3.31. The van der Waals surface area contributed by atoms with Crippen LogP contribution < -0.4 is 10.2 Å². The highest BCUT2D eigenvalue weighted by molar-refractivity contribution is 5.99. The number of hydrogen-bond acceptors (Lipinski definition) is 6. The number of nitrogens with zero attached hydrogens (tertiary/aromatic N) is 7. The molecule has 2 aliphatic rings. The molecule has 5 heterocycles. The Morgan fingerprint density at radius 1 is 1.11 bits per heavy atom. The lowest BCUT2D eigenvalue weighted by molar-refractivity contribution is -0.137. The van der Waals surface area contributed by atoms with E-state index < -0.39 is 11.7 Å². The Hall–Kier alpha value is -4.11. The van der Waals surface area contributed by atoms with E-state index in [1.165, 1.54) is 0 Å². The molecule has 3 aromatic heterocycles. The summed E-state index contributed by atoms with van der Waals surface area (Å²) in [6.45, 7) is 4.48. The zero-order chi connectivity index (χ0) is 26.2. The van der Waals surface area contributed by atoms with Crippen molar-refractivity contribution in [2.24, 2.45) is 4.99 Å². The van der Waals surface area contributed by atoms with Crippen LogP contribution in [0.3, 0.4) is 0 Å². The predicted molar refractivity (Wildman–Crippen MR) is 134 cm³/mol. The average molecular weight is 510 g/mol. The summed E-state index contributed by atoms with van der Waals surface area (Å²) in [6, 6.07) is 7.20. The number of likely N-dealkylation sites (N-methyl/N-ethyl adjacent to an activating group) is 2. The number of rotatable bonds is 4. The molecule has 2 N–H and O–H groups in total. The first kappa shape index (κ1) is 24.6. The zero-order valence-corrected chi connectivity index (χ0v) is 20.5. The number of piperazine rings is 1. The fourth-order valence-corrected chi connectivity index (χ4v) is 4.42. The molecular weight excluding hydrogens is 483 g/mol. The fourth-order valence-electron chi connectivity index (χ4n) is 4.42. The Kier molecular flexibility index (Phi) is 6.47. The number of aromatic nitrogens is 3. The molecule has 0 aliphatic carbocycles. The molecule has 0 saturated carbocycles. The number of H-pyrrole nitrogens is 1. The third-order valence-electron chi connectivity index (χ3n) is 6.61. The molecule has 192 valence electrons. The van der Waals surface area contributed by atoms with Crippen LogP contribution in [0.2, 0.25) is 0 Å². The number of pyridine rings is 2. The van der Waals surface area contributed by atoms with Crippen molar-refractivity contribution in [3.8, 4) is 6.07 Å². The molecule has 1 saturated heterocycles. The van der Waals surface area contributed by atoms with Gasteiger partial charge < -0.3 is 25.0 Å². The van der Waals surface area contributed by atoms with E-state index in [0.717, 1.165) is 49.8 Å². The summed E-state index contributed by atoms with van der Waals surface area (Å²) in [4.78, 5) is 22.4. The number of hydrogen-bond donors (Lipinski definition) is 2. The maximum Gasteiger partial charge on any atom is 0.417 e. The largest absolute Gasteiger partial charge is 0.417 e. The van der Waals surface area contributed by atoms with E-state index in [1.54, 1.807) is 18.1 Å². The monoisotopic (exact) mass is 509 g/mol. The number of guanidine groups is 1. The highest BCUT2D eigenvalue weighted by atomic mass is 19.4. The predicted octanol–water partition coefficient (Wildman–Crippen LogP) is 3.05. The number of aliphatic imine (C=N–C) groups is 1. The maximum atomic E-state index is 13.3. The van der Waals surface area contributed by atoms with Crippen molar-refractivity contribution < 1.29 is 13.2 Å². The molecule has 37 heavy (non-hydrogen) atoms. The van der Waals surface area contributed by atoms with Gasteiger partial charge in [0.2, 0.25) is 0 Å². The van der Waals surface area contributed by atoms with E-state index >= 15 is 0 Å². The molecule has 1 fully saturated rings. The van der Waals surface area contributed by atoms with Crippen LogP contribution in [0.15, 0.2) is 47.4 Å². The van der Waals surface area contributed by atoms with Gasteiger partial charge in [-0.1, -0.05) is 6.07 Å². The lowest BCUT2D eigenvalue weighted by Gasteiger charge is -2.33. The van der Waals surface area contributed by atoms with Gasteiger partial charge >= 0.3 is 6.18 Å². The van der Waals surface area contributed by atoms with Crippen LogP contribution in [0.1, 0.15) is 16.7 Å². The van der Waals surface area contributed by atoms with E-state index in [4.69, 9.17) is 0 Å². The molecule has 0 bridgehead atoms. The first-order valence-electron chi connectivity index (χ1n) is 11.8. The van der Waals surface area contributed by atoms with Crippen molar-refractivity contribution in [3.63, 3.8) is 0 Å². The lowest BCUT2D eigenvalue weighted by atomic mass is 10.0. The molecule has 0 spiro atoms. The Balaban J connectivity index is 1.37. The van der Waals surface area contributed by atoms with Crippen LogP contribution in [0.4, 0.5) is 19.0 Å². The summed E-state index contributed by atoms with van der Waals surface area (Å²) >= 11 is 0. The van der Waals surface area contributed by atoms with Gasteiger partial charge in [-0.2, -0.15) is 18.4 Å². The number of alkyl halides is 3. The van der Waals surface area contributed by atoms with Gasteiger partial charge in [0.25, 0.3) is 0 Å². The lowest BCUT2D eigenvalue weighted by Crippen LogP contribution is -2.44. The number of anilines is 1. The second-order valence-corrected chi connectivity index (χ2v) is 9.22. The van der Waals surface area contributed by atoms with Gasteiger partial charge in [-0.3, -0.25) is 0 Å². The molecule has 9 nitrogen and oxygen atoms in total. The molecule has 2 aliphatic heterocycles. The van der Waals surface area contributed by atoms with Crippen LogP contribution >= 0.6 is 0 Å². The van der Waals surface area contributed by atoms with Crippen LogP contribution in [-0.2, 0) is 12.7 Å². The molecule has 0 radical (unpaired) electrons. The van der Waals surface area contributed by atoms with Crippen LogP contribution in [0.5, 0.6) is 0 Å².